The summed E-state index contributed by atoms with van der Waals surface area (Å²) < 4.78 is 26.0. The lowest BCUT2D eigenvalue weighted by molar-refractivity contribution is -0.121. The van der Waals surface area contributed by atoms with Gasteiger partial charge in [-0.05, 0) is 44.0 Å². The SMILES string of the molecule is CCNS(=O)(=O)c1ccc(NC(C)C(=O)NC2CC2)cc1. The molecule has 0 aliphatic heterocycles. The van der Waals surface area contributed by atoms with E-state index in [-0.39, 0.29) is 16.8 Å². The molecule has 0 aromatic heterocycles. The number of amides is 1. The van der Waals surface area contributed by atoms with Crippen LogP contribution in [0, 0.1) is 0 Å². The highest BCUT2D eigenvalue weighted by Gasteiger charge is 2.25. The number of benzene rings is 1. The smallest absolute Gasteiger partial charge is 0.242 e. The van der Waals surface area contributed by atoms with Crippen LogP contribution < -0.4 is 15.4 Å². The molecule has 1 amide bonds. The van der Waals surface area contributed by atoms with Crippen LogP contribution in [-0.4, -0.2) is 33.0 Å². The number of hydrogen-bond donors (Lipinski definition) is 3. The lowest BCUT2D eigenvalue weighted by Crippen LogP contribution is -2.38. The molecule has 1 aromatic rings. The minimum absolute atomic E-state index is 0.0400. The Balaban J connectivity index is 1.97. The Morgan fingerprint density at radius 3 is 2.43 bits per heavy atom. The minimum Gasteiger partial charge on any atom is -0.374 e. The molecule has 21 heavy (non-hydrogen) atoms. The Kier molecular flexibility index (Phi) is 4.84. The van der Waals surface area contributed by atoms with Gasteiger partial charge in [0, 0.05) is 18.3 Å². The zero-order valence-electron chi connectivity index (χ0n) is 12.2. The van der Waals surface area contributed by atoms with Gasteiger partial charge in [-0.15, -0.1) is 0 Å². The molecule has 0 spiro atoms. The third-order valence-corrected chi connectivity index (χ3v) is 4.76. The van der Waals surface area contributed by atoms with Crippen LogP contribution in [-0.2, 0) is 14.8 Å². The van der Waals surface area contributed by atoms with E-state index in [1.807, 2.05) is 0 Å². The maximum Gasteiger partial charge on any atom is 0.242 e. The molecule has 3 N–H and O–H groups in total. The van der Waals surface area contributed by atoms with Gasteiger partial charge in [-0.3, -0.25) is 4.79 Å². The predicted octanol–water partition coefficient (Wildman–Crippen LogP) is 1.06. The quantitative estimate of drug-likeness (QED) is 0.703. The topological polar surface area (TPSA) is 87.3 Å². The Morgan fingerprint density at radius 1 is 1.29 bits per heavy atom. The van der Waals surface area contributed by atoms with Gasteiger partial charge in [0.15, 0.2) is 0 Å². The summed E-state index contributed by atoms with van der Waals surface area (Å²) >= 11 is 0. The molecule has 1 atom stereocenters. The van der Waals surface area contributed by atoms with E-state index < -0.39 is 10.0 Å². The van der Waals surface area contributed by atoms with E-state index in [2.05, 4.69) is 15.4 Å². The second-order valence-corrected chi connectivity index (χ2v) is 6.94. The molecule has 6 nitrogen and oxygen atoms in total. The zero-order valence-corrected chi connectivity index (χ0v) is 13.0. The van der Waals surface area contributed by atoms with Gasteiger partial charge in [-0.1, -0.05) is 6.92 Å². The van der Waals surface area contributed by atoms with Crippen molar-refractivity contribution in [3.05, 3.63) is 24.3 Å². The Bertz CT molecular complexity index is 594. The van der Waals surface area contributed by atoms with Crippen LogP contribution >= 0.6 is 0 Å². The Morgan fingerprint density at radius 2 is 1.90 bits per heavy atom. The third-order valence-electron chi connectivity index (χ3n) is 3.20. The fourth-order valence-corrected chi connectivity index (χ4v) is 2.91. The van der Waals surface area contributed by atoms with Gasteiger partial charge in [0.1, 0.15) is 6.04 Å². The van der Waals surface area contributed by atoms with Crippen LogP contribution in [0.3, 0.4) is 0 Å². The standard InChI is InChI=1S/C14H21N3O3S/c1-3-15-21(19,20)13-8-6-11(7-9-13)16-10(2)14(18)17-12-4-5-12/h6-10,12,15-16H,3-5H2,1-2H3,(H,17,18). The van der Waals surface area contributed by atoms with Crippen molar-refractivity contribution in [2.45, 2.75) is 43.7 Å². The Hall–Kier alpha value is -1.60. The first-order valence-electron chi connectivity index (χ1n) is 7.09. The fourth-order valence-electron chi connectivity index (χ4n) is 1.87. The van der Waals surface area contributed by atoms with E-state index in [0.717, 1.165) is 12.8 Å². The summed E-state index contributed by atoms with van der Waals surface area (Å²) in [7, 11) is -3.44. The molecule has 0 bridgehead atoms. The summed E-state index contributed by atoms with van der Waals surface area (Å²) in [5.74, 6) is -0.0400. The van der Waals surface area contributed by atoms with Gasteiger partial charge in [0.2, 0.25) is 15.9 Å². The van der Waals surface area contributed by atoms with Crippen molar-refractivity contribution >= 4 is 21.6 Å². The van der Waals surface area contributed by atoms with Crippen LogP contribution in [0.15, 0.2) is 29.2 Å². The fraction of sp³-hybridized carbons (Fsp3) is 0.500. The van der Waals surface area contributed by atoms with E-state index in [0.29, 0.717) is 18.3 Å². The first-order chi connectivity index (χ1) is 9.92. The van der Waals surface area contributed by atoms with Crippen molar-refractivity contribution in [1.29, 1.82) is 0 Å². The average Bonchev–Trinajstić information content (AvgIpc) is 3.23. The summed E-state index contributed by atoms with van der Waals surface area (Å²) in [5.41, 5.74) is 0.712. The van der Waals surface area contributed by atoms with Gasteiger partial charge in [-0.25, -0.2) is 13.1 Å². The number of anilines is 1. The molecule has 1 aromatic carbocycles. The second kappa shape index (κ2) is 6.44. The van der Waals surface area contributed by atoms with E-state index >= 15 is 0 Å². The summed E-state index contributed by atoms with van der Waals surface area (Å²) in [6.07, 6.45) is 2.10. The van der Waals surface area contributed by atoms with Gasteiger partial charge in [0.25, 0.3) is 0 Å². The summed E-state index contributed by atoms with van der Waals surface area (Å²) in [6, 6.07) is 6.32. The Labute approximate surface area is 125 Å². The molecular weight excluding hydrogens is 290 g/mol. The van der Waals surface area contributed by atoms with Crippen LogP contribution in [0.4, 0.5) is 5.69 Å². The van der Waals surface area contributed by atoms with Crippen molar-refractivity contribution in [2.24, 2.45) is 0 Å². The highest BCUT2D eigenvalue weighted by molar-refractivity contribution is 7.89. The van der Waals surface area contributed by atoms with Crippen LogP contribution in [0.2, 0.25) is 0 Å². The van der Waals surface area contributed by atoms with Crippen LogP contribution in [0.1, 0.15) is 26.7 Å². The minimum atomic E-state index is -3.44. The lowest BCUT2D eigenvalue weighted by Gasteiger charge is -2.15. The van der Waals surface area contributed by atoms with Gasteiger partial charge in [-0.2, -0.15) is 0 Å². The molecule has 1 saturated carbocycles. The van der Waals surface area contributed by atoms with Crippen molar-refractivity contribution < 1.29 is 13.2 Å². The maximum absolute atomic E-state index is 11.8. The van der Waals surface area contributed by atoms with Gasteiger partial charge < -0.3 is 10.6 Å². The van der Waals surface area contributed by atoms with Crippen molar-refractivity contribution in [1.82, 2.24) is 10.0 Å². The van der Waals surface area contributed by atoms with Crippen molar-refractivity contribution in [3.63, 3.8) is 0 Å². The van der Waals surface area contributed by atoms with Gasteiger partial charge in [0.05, 0.1) is 4.90 Å². The molecule has 1 aliphatic carbocycles. The molecule has 0 heterocycles. The first kappa shape index (κ1) is 15.8. The van der Waals surface area contributed by atoms with Crippen LogP contribution in [0.25, 0.3) is 0 Å². The molecule has 1 aliphatic rings. The lowest BCUT2D eigenvalue weighted by atomic mass is 10.2. The third kappa shape index (κ3) is 4.44. The van der Waals surface area contributed by atoms with Crippen molar-refractivity contribution in [3.8, 4) is 0 Å². The van der Waals surface area contributed by atoms with E-state index in [4.69, 9.17) is 0 Å². The predicted molar refractivity (Wildman–Crippen MR) is 81.6 cm³/mol. The average molecular weight is 311 g/mol. The van der Waals surface area contributed by atoms with E-state index in [9.17, 15) is 13.2 Å². The number of nitrogens with one attached hydrogen (secondary N) is 3. The number of rotatable bonds is 7. The maximum atomic E-state index is 11.8. The monoisotopic (exact) mass is 311 g/mol. The van der Waals surface area contributed by atoms with Crippen molar-refractivity contribution in [2.75, 3.05) is 11.9 Å². The molecule has 116 valence electrons. The second-order valence-electron chi connectivity index (χ2n) is 5.17. The number of carbonyl (C=O) groups is 1. The number of carbonyl (C=O) groups excluding carboxylic acids is 1. The largest absolute Gasteiger partial charge is 0.374 e. The normalized spacial score (nSPS) is 16.3. The highest BCUT2D eigenvalue weighted by Crippen LogP contribution is 2.19. The van der Waals surface area contributed by atoms with Gasteiger partial charge >= 0.3 is 0 Å². The number of hydrogen-bond acceptors (Lipinski definition) is 4. The first-order valence-corrected chi connectivity index (χ1v) is 8.57. The molecule has 7 heteroatoms. The molecular formula is C14H21N3O3S. The molecule has 2 rings (SSSR count). The highest BCUT2D eigenvalue weighted by atomic mass is 32.2. The molecule has 1 fully saturated rings. The van der Waals surface area contributed by atoms with E-state index in [1.54, 1.807) is 26.0 Å². The number of sulfonamides is 1. The molecule has 0 radical (unpaired) electrons. The molecule has 0 saturated heterocycles. The summed E-state index contributed by atoms with van der Waals surface area (Å²) in [5, 5.41) is 5.98. The zero-order chi connectivity index (χ0) is 15.5. The summed E-state index contributed by atoms with van der Waals surface area (Å²) in [4.78, 5) is 12.0. The van der Waals surface area contributed by atoms with Crippen LogP contribution in [0.5, 0.6) is 0 Å². The summed E-state index contributed by atoms with van der Waals surface area (Å²) in [6.45, 7) is 3.86. The molecule has 1 unspecified atom stereocenters. The van der Waals surface area contributed by atoms with E-state index in [1.165, 1.54) is 12.1 Å².